The van der Waals surface area contributed by atoms with E-state index < -0.39 is 0 Å². The Kier molecular flexibility index (Phi) is 6.34. The van der Waals surface area contributed by atoms with Gasteiger partial charge in [0.1, 0.15) is 5.75 Å². The third-order valence-corrected chi connectivity index (χ3v) is 6.20. The number of nitrogens with zero attached hydrogens (tertiary/aromatic N) is 3. The molecule has 31 heavy (non-hydrogen) atoms. The average molecular weight is 453 g/mol. The van der Waals surface area contributed by atoms with Crippen molar-refractivity contribution in [2.75, 3.05) is 18.2 Å². The number of carbonyl (C=O) groups is 1. The number of hydrogen-bond acceptors (Lipinski definition) is 8. The first-order chi connectivity index (χ1) is 15.0. The summed E-state index contributed by atoms with van der Waals surface area (Å²) < 4.78 is 10.9. The van der Waals surface area contributed by atoms with E-state index >= 15 is 0 Å². The molecule has 0 aliphatic rings. The van der Waals surface area contributed by atoms with Gasteiger partial charge in [-0.25, -0.2) is 4.98 Å². The van der Waals surface area contributed by atoms with Gasteiger partial charge in [-0.15, -0.1) is 21.5 Å². The number of aryl methyl sites for hydroxylation is 2. The van der Waals surface area contributed by atoms with Crippen LogP contribution in [0.3, 0.4) is 0 Å². The maximum absolute atomic E-state index is 12.3. The molecule has 0 spiro atoms. The van der Waals surface area contributed by atoms with Crippen LogP contribution >= 0.6 is 23.1 Å². The van der Waals surface area contributed by atoms with Crippen LogP contribution in [0.4, 0.5) is 5.13 Å². The zero-order valence-electron chi connectivity index (χ0n) is 17.2. The molecule has 0 saturated heterocycles. The average Bonchev–Trinajstić information content (AvgIpc) is 3.44. The van der Waals surface area contributed by atoms with Crippen LogP contribution in [0.1, 0.15) is 11.1 Å². The van der Waals surface area contributed by atoms with Crippen molar-refractivity contribution in [2.24, 2.45) is 0 Å². The Bertz CT molecular complexity index is 1200. The quantitative estimate of drug-likeness (QED) is 0.385. The molecule has 4 aromatic rings. The molecule has 1 amide bonds. The second-order valence-electron chi connectivity index (χ2n) is 6.78. The highest BCUT2D eigenvalue weighted by molar-refractivity contribution is 7.99. The van der Waals surface area contributed by atoms with Crippen molar-refractivity contribution in [1.82, 2.24) is 15.2 Å². The lowest BCUT2D eigenvalue weighted by Crippen LogP contribution is -2.13. The molecule has 0 saturated carbocycles. The van der Waals surface area contributed by atoms with Gasteiger partial charge >= 0.3 is 0 Å². The van der Waals surface area contributed by atoms with Gasteiger partial charge in [0, 0.05) is 16.5 Å². The second-order valence-corrected chi connectivity index (χ2v) is 8.56. The molecular weight excluding hydrogens is 432 g/mol. The minimum Gasteiger partial charge on any atom is -0.497 e. The van der Waals surface area contributed by atoms with Crippen LogP contribution in [0.2, 0.25) is 0 Å². The highest BCUT2D eigenvalue weighted by Gasteiger charge is 2.13. The smallest absolute Gasteiger partial charge is 0.277 e. The Morgan fingerprint density at radius 1 is 1.10 bits per heavy atom. The van der Waals surface area contributed by atoms with Crippen LogP contribution < -0.4 is 10.1 Å². The SMILES string of the molecule is COc1ccc(-c2csc(NC(=O)CSc3nnc(-c4ccc(C)c(C)c4)o3)n2)cc1. The zero-order chi connectivity index (χ0) is 21.8. The molecule has 2 aromatic carbocycles. The largest absolute Gasteiger partial charge is 0.497 e. The molecule has 1 N–H and O–H groups in total. The van der Waals surface area contributed by atoms with Crippen molar-refractivity contribution in [3.05, 3.63) is 59.0 Å². The summed E-state index contributed by atoms with van der Waals surface area (Å²) in [4.78, 5) is 16.8. The van der Waals surface area contributed by atoms with Crippen molar-refractivity contribution in [2.45, 2.75) is 19.1 Å². The summed E-state index contributed by atoms with van der Waals surface area (Å²) in [7, 11) is 1.63. The minimum absolute atomic E-state index is 0.145. The summed E-state index contributed by atoms with van der Waals surface area (Å²) in [5, 5.41) is 13.7. The second kappa shape index (κ2) is 9.32. The van der Waals surface area contributed by atoms with E-state index in [-0.39, 0.29) is 11.7 Å². The van der Waals surface area contributed by atoms with Gasteiger partial charge in [0.15, 0.2) is 5.13 Å². The monoisotopic (exact) mass is 452 g/mol. The van der Waals surface area contributed by atoms with Gasteiger partial charge < -0.3 is 14.5 Å². The number of aromatic nitrogens is 3. The van der Waals surface area contributed by atoms with E-state index in [1.807, 2.05) is 54.8 Å². The van der Waals surface area contributed by atoms with Gasteiger partial charge in [-0.1, -0.05) is 17.8 Å². The number of amides is 1. The number of thioether (sulfide) groups is 1. The van der Waals surface area contributed by atoms with E-state index in [1.165, 1.54) is 28.7 Å². The molecule has 2 heterocycles. The normalized spacial score (nSPS) is 10.8. The van der Waals surface area contributed by atoms with Gasteiger partial charge in [-0.2, -0.15) is 0 Å². The van der Waals surface area contributed by atoms with Crippen molar-refractivity contribution < 1.29 is 13.9 Å². The molecule has 7 nitrogen and oxygen atoms in total. The zero-order valence-corrected chi connectivity index (χ0v) is 18.8. The molecule has 4 rings (SSSR count). The van der Waals surface area contributed by atoms with Gasteiger partial charge in [-0.05, 0) is 61.4 Å². The molecule has 0 atom stereocenters. The Morgan fingerprint density at radius 3 is 2.61 bits per heavy atom. The predicted octanol–water partition coefficient (Wildman–Crippen LogP) is 5.22. The molecule has 0 radical (unpaired) electrons. The molecule has 9 heteroatoms. The maximum Gasteiger partial charge on any atom is 0.277 e. The van der Waals surface area contributed by atoms with Crippen LogP contribution in [0.15, 0.2) is 57.5 Å². The molecule has 0 unspecified atom stereocenters. The molecule has 158 valence electrons. The van der Waals surface area contributed by atoms with Crippen LogP contribution in [0.25, 0.3) is 22.7 Å². The van der Waals surface area contributed by atoms with E-state index in [0.717, 1.165) is 28.1 Å². The summed E-state index contributed by atoms with van der Waals surface area (Å²) in [6.07, 6.45) is 0. The van der Waals surface area contributed by atoms with Gasteiger partial charge in [-0.3, -0.25) is 4.79 Å². The predicted molar refractivity (Wildman–Crippen MR) is 123 cm³/mol. The maximum atomic E-state index is 12.3. The highest BCUT2D eigenvalue weighted by Crippen LogP contribution is 2.27. The number of benzene rings is 2. The van der Waals surface area contributed by atoms with E-state index in [0.29, 0.717) is 16.2 Å². The Morgan fingerprint density at radius 2 is 1.87 bits per heavy atom. The summed E-state index contributed by atoms with van der Waals surface area (Å²) in [5.74, 6) is 1.18. The van der Waals surface area contributed by atoms with Gasteiger partial charge in [0.05, 0.1) is 18.6 Å². The summed E-state index contributed by atoms with van der Waals surface area (Å²) in [5.41, 5.74) is 4.97. The van der Waals surface area contributed by atoms with E-state index in [4.69, 9.17) is 9.15 Å². The highest BCUT2D eigenvalue weighted by atomic mass is 32.2. The van der Waals surface area contributed by atoms with E-state index in [1.54, 1.807) is 7.11 Å². The minimum atomic E-state index is -0.188. The number of anilines is 1. The lowest BCUT2D eigenvalue weighted by molar-refractivity contribution is -0.113. The topological polar surface area (TPSA) is 90.1 Å². The van der Waals surface area contributed by atoms with Crippen LogP contribution in [0.5, 0.6) is 5.75 Å². The third-order valence-electron chi connectivity index (χ3n) is 4.62. The lowest BCUT2D eigenvalue weighted by Gasteiger charge is -2.01. The number of carbonyl (C=O) groups excluding carboxylic acids is 1. The van der Waals surface area contributed by atoms with Crippen molar-refractivity contribution >= 4 is 34.1 Å². The Labute approximate surface area is 187 Å². The molecular formula is C22H20N4O3S2. The van der Waals surface area contributed by atoms with Crippen LogP contribution in [-0.4, -0.2) is 34.0 Å². The molecule has 2 aromatic heterocycles. The summed E-state index contributed by atoms with van der Waals surface area (Å²) in [6, 6.07) is 13.6. The van der Waals surface area contributed by atoms with Crippen molar-refractivity contribution in [3.63, 3.8) is 0 Å². The summed E-state index contributed by atoms with van der Waals surface area (Å²) >= 11 is 2.56. The van der Waals surface area contributed by atoms with Crippen molar-refractivity contribution in [3.8, 4) is 28.5 Å². The number of nitrogens with one attached hydrogen (secondary N) is 1. The first-order valence-corrected chi connectivity index (χ1v) is 11.3. The molecule has 0 bridgehead atoms. The Balaban J connectivity index is 1.33. The molecule has 0 fully saturated rings. The molecule has 0 aliphatic carbocycles. The van der Waals surface area contributed by atoms with Gasteiger partial charge in [0.25, 0.3) is 5.22 Å². The number of hydrogen-bond donors (Lipinski definition) is 1. The van der Waals surface area contributed by atoms with E-state index in [9.17, 15) is 4.79 Å². The lowest BCUT2D eigenvalue weighted by atomic mass is 10.1. The molecule has 0 aliphatic heterocycles. The number of rotatable bonds is 7. The fraction of sp³-hybridized carbons (Fsp3) is 0.182. The summed E-state index contributed by atoms with van der Waals surface area (Å²) in [6.45, 7) is 4.09. The van der Waals surface area contributed by atoms with Crippen LogP contribution in [-0.2, 0) is 4.79 Å². The standard InChI is InChI=1S/C22H20N4O3S2/c1-13-4-5-16(10-14(13)2)20-25-26-22(29-20)31-12-19(27)24-21-23-18(11-30-21)15-6-8-17(28-3)9-7-15/h4-11H,12H2,1-3H3,(H,23,24,27). The fourth-order valence-electron chi connectivity index (χ4n) is 2.77. The number of thiazole rings is 1. The number of methoxy groups -OCH3 is 1. The van der Waals surface area contributed by atoms with E-state index in [2.05, 4.69) is 27.4 Å². The number of ether oxygens (including phenoxy) is 1. The van der Waals surface area contributed by atoms with Crippen LogP contribution in [0, 0.1) is 13.8 Å². The van der Waals surface area contributed by atoms with Gasteiger partial charge in [0.2, 0.25) is 11.8 Å². The first kappa shape index (κ1) is 21.1. The Hall–Kier alpha value is -3.17. The fourth-order valence-corrected chi connectivity index (χ4v) is 4.07. The first-order valence-electron chi connectivity index (χ1n) is 9.45. The third kappa shape index (κ3) is 5.12. The van der Waals surface area contributed by atoms with Crippen molar-refractivity contribution in [1.29, 1.82) is 0 Å².